The van der Waals surface area contributed by atoms with Crippen LogP contribution in [0.2, 0.25) is 0 Å². The van der Waals surface area contributed by atoms with E-state index in [1.54, 1.807) is 15.9 Å². The molecule has 0 saturated heterocycles. The van der Waals surface area contributed by atoms with Gasteiger partial charge in [0.25, 0.3) is 5.56 Å². The molecule has 0 saturated carbocycles. The lowest BCUT2D eigenvalue weighted by atomic mass is 10.1. The average molecular weight is 358 g/mol. The highest BCUT2D eigenvalue weighted by molar-refractivity contribution is 7.10. The van der Waals surface area contributed by atoms with Crippen molar-refractivity contribution in [2.45, 2.75) is 13.8 Å². The summed E-state index contributed by atoms with van der Waals surface area (Å²) in [5.41, 5.74) is 3.84. The van der Waals surface area contributed by atoms with Crippen LogP contribution in [0, 0.1) is 13.8 Å². The largest absolute Gasteiger partial charge is 0.268 e. The maximum Gasteiger partial charge on any atom is 0.266 e. The maximum absolute atomic E-state index is 13.2. The molecule has 0 fully saturated rings. The van der Waals surface area contributed by atoms with Crippen LogP contribution in [0.5, 0.6) is 0 Å². The van der Waals surface area contributed by atoms with Gasteiger partial charge in [0, 0.05) is 4.88 Å². The monoisotopic (exact) mass is 358 g/mol. The minimum atomic E-state index is -0.0512. The number of hydrogen-bond acceptors (Lipinski definition) is 3. The van der Waals surface area contributed by atoms with Crippen LogP contribution < -0.4 is 5.56 Å². The van der Waals surface area contributed by atoms with Crippen LogP contribution >= 0.6 is 11.3 Å². The molecule has 26 heavy (non-hydrogen) atoms. The normalized spacial score (nSPS) is 11.5. The Kier molecular flexibility index (Phi) is 4.27. The number of para-hydroxylation sites is 1. The highest BCUT2D eigenvalue weighted by Crippen LogP contribution is 2.19. The van der Waals surface area contributed by atoms with E-state index in [0.717, 1.165) is 16.1 Å². The first-order valence-corrected chi connectivity index (χ1v) is 9.32. The molecule has 4 rings (SSSR count). The van der Waals surface area contributed by atoms with Crippen LogP contribution in [-0.2, 0) is 0 Å². The molecule has 0 aliphatic rings. The number of rotatable bonds is 3. The van der Waals surface area contributed by atoms with E-state index in [9.17, 15) is 4.79 Å². The van der Waals surface area contributed by atoms with Gasteiger partial charge in [0.15, 0.2) is 0 Å². The van der Waals surface area contributed by atoms with Gasteiger partial charge in [-0.1, -0.05) is 24.3 Å². The molecular weight excluding hydrogens is 340 g/mol. The molecule has 0 radical (unpaired) electrons. The van der Waals surface area contributed by atoms with Crippen molar-refractivity contribution in [3.63, 3.8) is 0 Å². The molecule has 2 aromatic carbocycles. The van der Waals surface area contributed by atoms with E-state index in [4.69, 9.17) is 4.98 Å². The molecule has 0 N–H and O–H groups in total. The van der Waals surface area contributed by atoms with Crippen LogP contribution in [0.1, 0.15) is 21.8 Å². The quantitative estimate of drug-likeness (QED) is 0.502. The fraction of sp³-hybridized carbons (Fsp3) is 0.0909. The zero-order valence-electron chi connectivity index (χ0n) is 14.6. The van der Waals surface area contributed by atoms with E-state index in [-0.39, 0.29) is 5.56 Å². The van der Waals surface area contributed by atoms with Gasteiger partial charge in [0.2, 0.25) is 0 Å². The summed E-state index contributed by atoms with van der Waals surface area (Å²) in [5, 5.41) is 2.66. The zero-order chi connectivity index (χ0) is 18.1. The molecule has 0 aliphatic heterocycles. The molecule has 0 spiro atoms. The second-order valence-corrected chi connectivity index (χ2v) is 7.22. The molecule has 0 atom stereocenters. The van der Waals surface area contributed by atoms with Gasteiger partial charge in [-0.05, 0) is 72.8 Å². The van der Waals surface area contributed by atoms with Crippen molar-refractivity contribution >= 4 is 34.4 Å². The summed E-state index contributed by atoms with van der Waals surface area (Å²) >= 11 is 1.65. The van der Waals surface area contributed by atoms with E-state index < -0.39 is 0 Å². The maximum atomic E-state index is 13.2. The van der Waals surface area contributed by atoms with Gasteiger partial charge in [-0.25, -0.2) is 4.98 Å². The van der Waals surface area contributed by atoms with Crippen LogP contribution in [0.3, 0.4) is 0 Å². The highest BCUT2D eigenvalue weighted by atomic mass is 32.1. The Labute approximate surface area is 155 Å². The third kappa shape index (κ3) is 3.00. The van der Waals surface area contributed by atoms with Crippen LogP contribution in [0.25, 0.3) is 28.7 Å². The number of benzene rings is 2. The van der Waals surface area contributed by atoms with Crippen LogP contribution in [-0.4, -0.2) is 9.55 Å². The lowest BCUT2D eigenvalue weighted by Gasteiger charge is -2.13. The standard InChI is InChI=1S/C22H18N2OS/c1-15-9-10-17(14-16(15)2)24-21(12-11-18-6-5-13-26-18)23-20-8-4-3-7-19(20)22(24)25/h3-14H,1-2H3/b12-11+. The van der Waals surface area contributed by atoms with Crippen molar-refractivity contribution in [2.24, 2.45) is 0 Å². The minimum absolute atomic E-state index is 0.0512. The van der Waals surface area contributed by atoms with Gasteiger partial charge in [-0.15, -0.1) is 11.3 Å². The molecule has 0 amide bonds. The lowest BCUT2D eigenvalue weighted by Crippen LogP contribution is -2.22. The fourth-order valence-electron chi connectivity index (χ4n) is 2.92. The van der Waals surface area contributed by atoms with Crippen LogP contribution in [0.15, 0.2) is 64.8 Å². The summed E-state index contributed by atoms with van der Waals surface area (Å²) in [6.45, 7) is 4.12. The summed E-state index contributed by atoms with van der Waals surface area (Å²) in [5.74, 6) is 0.630. The Morgan fingerprint density at radius 2 is 1.81 bits per heavy atom. The van der Waals surface area contributed by atoms with Gasteiger partial charge >= 0.3 is 0 Å². The van der Waals surface area contributed by atoms with Gasteiger partial charge in [-0.2, -0.15) is 0 Å². The van der Waals surface area contributed by atoms with Gasteiger partial charge in [-0.3, -0.25) is 9.36 Å². The molecule has 2 heterocycles. The number of aryl methyl sites for hydroxylation is 2. The molecule has 0 aliphatic carbocycles. The number of hydrogen-bond donors (Lipinski definition) is 0. The molecule has 0 bridgehead atoms. The molecule has 3 nitrogen and oxygen atoms in total. The zero-order valence-corrected chi connectivity index (χ0v) is 15.5. The van der Waals surface area contributed by atoms with E-state index in [1.807, 2.05) is 72.1 Å². The summed E-state index contributed by atoms with van der Waals surface area (Å²) in [6.07, 6.45) is 3.91. The molecule has 2 aromatic heterocycles. The predicted octanol–water partition coefficient (Wildman–Crippen LogP) is 5.23. The van der Waals surface area contributed by atoms with E-state index >= 15 is 0 Å². The van der Waals surface area contributed by atoms with Gasteiger partial charge in [0.05, 0.1) is 16.6 Å². The lowest BCUT2D eigenvalue weighted by molar-refractivity contribution is 0.941. The van der Waals surface area contributed by atoms with Crippen LogP contribution in [0.4, 0.5) is 0 Å². The van der Waals surface area contributed by atoms with Crippen molar-refractivity contribution in [1.29, 1.82) is 0 Å². The third-order valence-corrected chi connectivity index (χ3v) is 5.33. The van der Waals surface area contributed by atoms with Gasteiger partial charge < -0.3 is 0 Å². The summed E-state index contributed by atoms with van der Waals surface area (Å²) < 4.78 is 1.69. The van der Waals surface area contributed by atoms with Crippen molar-refractivity contribution in [1.82, 2.24) is 9.55 Å². The molecular formula is C22H18N2OS. The fourth-order valence-corrected chi connectivity index (χ4v) is 3.54. The second kappa shape index (κ2) is 6.73. The topological polar surface area (TPSA) is 34.9 Å². The molecule has 128 valence electrons. The molecule has 0 unspecified atom stereocenters. The van der Waals surface area contributed by atoms with E-state index in [1.165, 1.54) is 5.56 Å². The third-order valence-electron chi connectivity index (χ3n) is 4.49. The van der Waals surface area contributed by atoms with Crippen molar-refractivity contribution in [3.05, 3.63) is 92.2 Å². The molecule has 4 heteroatoms. The first-order chi connectivity index (χ1) is 12.6. The molecule has 4 aromatic rings. The minimum Gasteiger partial charge on any atom is -0.268 e. The summed E-state index contributed by atoms with van der Waals surface area (Å²) in [4.78, 5) is 19.1. The van der Waals surface area contributed by atoms with E-state index in [0.29, 0.717) is 16.7 Å². The number of aromatic nitrogens is 2. The smallest absolute Gasteiger partial charge is 0.266 e. The van der Waals surface area contributed by atoms with Gasteiger partial charge in [0.1, 0.15) is 5.82 Å². The number of nitrogens with zero attached hydrogens (tertiary/aromatic N) is 2. The Morgan fingerprint density at radius 1 is 0.962 bits per heavy atom. The number of thiophene rings is 1. The summed E-state index contributed by atoms with van der Waals surface area (Å²) in [7, 11) is 0. The Bertz CT molecular complexity index is 1170. The van der Waals surface area contributed by atoms with Crippen molar-refractivity contribution < 1.29 is 0 Å². The second-order valence-electron chi connectivity index (χ2n) is 6.25. The Hall–Kier alpha value is -2.98. The SMILES string of the molecule is Cc1ccc(-n2c(/C=C/c3cccs3)nc3ccccc3c2=O)cc1C. The van der Waals surface area contributed by atoms with Crippen molar-refractivity contribution in [2.75, 3.05) is 0 Å². The predicted molar refractivity (Wildman–Crippen MR) is 110 cm³/mol. The Balaban J connectivity index is 1.99. The Morgan fingerprint density at radius 3 is 2.58 bits per heavy atom. The summed E-state index contributed by atoms with van der Waals surface area (Å²) in [6, 6.07) is 17.6. The first-order valence-electron chi connectivity index (χ1n) is 8.44. The van der Waals surface area contributed by atoms with E-state index in [2.05, 4.69) is 13.8 Å². The highest BCUT2D eigenvalue weighted by Gasteiger charge is 2.11. The first kappa shape index (κ1) is 16.5. The van der Waals surface area contributed by atoms with Crippen molar-refractivity contribution in [3.8, 4) is 5.69 Å². The number of fused-ring (bicyclic) bond motifs is 1. The average Bonchev–Trinajstić information content (AvgIpc) is 3.16.